The van der Waals surface area contributed by atoms with Crippen molar-refractivity contribution < 1.29 is 13.5 Å². The molecule has 2 rings (SSSR count). The summed E-state index contributed by atoms with van der Waals surface area (Å²) in [5.74, 6) is 0. The molecule has 0 aromatic carbocycles. The molecule has 0 unspecified atom stereocenters. The molecule has 16 heavy (non-hydrogen) atoms. The number of sulfonamides is 1. The van der Waals surface area contributed by atoms with Gasteiger partial charge in [-0.15, -0.1) is 0 Å². The fourth-order valence-corrected chi connectivity index (χ4v) is 3.09. The highest BCUT2D eigenvalue weighted by Gasteiger charge is 2.34. The van der Waals surface area contributed by atoms with E-state index in [4.69, 9.17) is 0 Å². The molecule has 1 aliphatic rings. The van der Waals surface area contributed by atoms with Gasteiger partial charge in [-0.3, -0.25) is 5.10 Å². The summed E-state index contributed by atoms with van der Waals surface area (Å²) in [5.41, 5.74) is -0.748. The van der Waals surface area contributed by atoms with E-state index in [1.165, 1.54) is 16.7 Å². The molecule has 0 aliphatic carbocycles. The third kappa shape index (κ3) is 2.11. The van der Waals surface area contributed by atoms with Gasteiger partial charge in [-0.05, 0) is 19.8 Å². The summed E-state index contributed by atoms with van der Waals surface area (Å²) in [7, 11) is -3.44. The Kier molecular flexibility index (Phi) is 2.77. The Bertz CT molecular complexity index is 442. The molecule has 0 amide bonds. The number of piperidine rings is 1. The number of H-pyrrole nitrogens is 1. The SMILES string of the molecule is CC1(O)CCN(S(=O)(=O)c2cn[nH]c2)CC1. The zero-order valence-electron chi connectivity index (χ0n) is 9.05. The molecule has 0 radical (unpaired) electrons. The minimum atomic E-state index is -3.44. The van der Waals surface area contributed by atoms with Crippen molar-refractivity contribution in [2.24, 2.45) is 0 Å². The van der Waals surface area contributed by atoms with Crippen molar-refractivity contribution in [3.63, 3.8) is 0 Å². The second kappa shape index (κ2) is 3.83. The first-order valence-electron chi connectivity index (χ1n) is 5.13. The summed E-state index contributed by atoms with van der Waals surface area (Å²) >= 11 is 0. The fraction of sp³-hybridized carbons (Fsp3) is 0.667. The maximum Gasteiger partial charge on any atom is 0.246 e. The van der Waals surface area contributed by atoms with Gasteiger partial charge in [0.25, 0.3) is 0 Å². The topological polar surface area (TPSA) is 86.3 Å². The molecule has 1 fully saturated rings. The number of rotatable bonds is 2. The normalized spacial score (nSPS) is 22.1. The molecule has 1 aromatic rings. The molecule has 1 saturated heterocycles. The lowest BCUT2D eigenvalue weighted by Gasteiger charge is -2.34. The van der Waals surface area contributed by atoms with Gasteiger partial charge < -0.3 is 5.11 Å². The molecular formula is C9H15N3O3S. The summed E-state index contributed by atoms with van der Waals surface area (Å²) in [5, 5.41) is 15.9. The smallest absolute Gasteiger partial charge is 0.246 e. The number of nitrogens with one attached hydrogen (secondary N) is 1. The Morgan fingerprint density at radius 1 is 1.50 bits per heavy atom. The molecule has 0 saturated carbocycles. The molecule has 1 aromatic heterocycles. The van der Waals surface area contributed by atoms with Gasteiger partial charge >= 0.3 is 0 Å². The molecule has 6 nitrogen and oxygen atoms in total. The Balaban J connectivity index is 2.16. The van der Waals surface area contributed by atoms with Crippen molar-refractivity contribution in [2.75, 3.05) is 13.1 Å². The molecule has 2 heterocycles. The van der Waals surface area contributed by atoms with Crippen LogP contribution in [0, 0.1) is 0 Å². The molecule has 0 bridgehead atoms. The van der Waals surface area contributed by atoms with E-state index >= 15 is 0 Å². The molecule has 0 spiro atoms. The van der Waals surface area contributed by atoms with Gasteiger partial charge in [-0.1, -0.05) is 0 Å². The van der Waals surface area contributed by atoms with Crippen molar-refractivity contribution in [1.29, 1.82) is 0 Å². The van der Waals surface area contributed by atoms with Gasteiger partial charge in [0.05, 0.1) is 11.8 Å². The minimum Gasteiger partial charge on any atom is -0.390 e. The summed E-state index contributed by atoms with van der Waals surface area (Å²) in [6.45, 7) is 2.43. The lowest BCUT2D eigenvalue weighted by atomic mass is 9.95. The summed E-state index contributed by atoms with van der Waals surface area (Å²) < 4.78 is 25.5. The molecule has 1 aliphatic heterocycles. The van der Waals surface area contributed by atoms with E-state index in [9.17, 15) is 13.5 Å². The second-order valence-corrected chi connectivity index (χ2v) is 6.27. The Hall–Kier alpha value is -0.920. The third-order valence-corrected chi connectivity index (χ3v) is 4.77. The number of aromatic amines is 1. The van der Waals surface area contributed by atoms with E-state index in [2.05, 4.69) is 10.2 Å². The van der Waals surface area contributed by atoms with Gasteiger partial charge in [-0.2, -0.15) is 9.40 Å². The highest BCUT2D eigenvalue weighted by Crippen LogP contribution is 2.25. The largest absolute Gasteiger partial charge is 0.390 e. The Morgan fingerprint density at radius 3 is 2.62 bits per heavy atom. The number of aromatic nitrogens is 2. The first kappa shape index (κ1) is 11.6. The zero-order chi connectivity index (χ0) is 11.8. The minimum absolute atomic E-state index is 0.175. The van der Waals surface area contributed by atoms with E-state index in [-0.39, 0.29) is 4.90 Å². The Labute approximate surface area is 94.3 Å². The second-order valence-electron chi connectivity index (χ2n) is 4.34. The quantitative estimate of drug-likeness (QED) is 0.764. The highest BCUT2D eigenvalue weighted by molar-refractivity contribution is 7.89. The van der Waals surface area contributed by atoms with Crippen LogP contribution in [0.25, 0.3) is 0 Å². The monoisotopic (exact) mass is 245 g/mol. The van der Waals surface area contributed by atoms with Gasteiger partial charge in [0.1, 0.15) is 4.90 Å². The maximum absolute atomic E-state index is 12.0. The van der Waals surface area contributed by atoms with E-state index in [0.717, 1.165) is 0 Å². The summed E-state index contributed by atoms with van der Waals surface area (Å²) in [4.78, 5) is 0.175. The standard InChI is InChI=1S/C9H15N3O3S/c1-9(13)2-4-12(5-3-9)16(14,15)8-6-10-11-7-8/h6-7,13H,2-5H2,1H3,(H,10,11). The van der Waals surface area contributed by atoms with Crippen LogP contribution in [0.15, 0.2) is 17.3 Å². The van der Waals surface area contributed by atoms with Crippen LogP contribution < -0.4 is 0 Å². The molecule has 2 N–H and O–H groups in total. The van der Waals surface area contributed by atoms with Crippen molar-refractivity contribution in [3.05, 3.63) is 12.4 Å². The number of aliphatic hydroxyl groups is 1. The number of hydrogen-bond acceptors (Lipinski definition) is 4. The number of nitrogens with zero attached hydrogens (tertiary/aromatic N) is 2. The van der Waals surface area contributed by atoms with Crippen LogP contribution in [-0.4, -0.2) is 46.7 Å². The van der Waals surface area contributed by atoms with Crippen molar-refractivity contribution in [3.8, 4) is 0 Å². The first-order valence-corrected chi connectivity index (χ1v) is 6.57. The third-order valence-electron chi connectivity index (χ3n) is 2.91. The highest BCUT2D eigenvalue weighted by atomic mass is 32.2. The summed E-state index contributed by atoms with van der Waals surface area (Å²) in [6, 6.07) is 0. The van der Waals surface area contributed by atoms with E-state index < -0.39 is 15.6 Å². The lowest BCUT2D eigenvalue weighted by molar-refractivity contribution is 0.0126. The van der Waals surface area contributed by atoms with E-state index in [0.29, 0.717) is 25.9 Å². The first-order chi connectivity index (χ1) is 7.42. The lowest BCUT2D eigenvalue weighted by Crippen LogP contribution is -2.44. The van der Waals surface area contributed by atoms with E-state index in [1.807, 2.05) is 0 Å². The molecule has 90 valence electrons. The molecular weight excluding hydrogens is 230 g/mol. The number of hydrogen-bond donors (Lipinski definition) is 2. The van der Waals surface area contributed by atoms with Crippen LogP contribution in [0.2, 0.25) is 0 Å². The van der Waals surface area contributed by atoms with Crippen LogP contribution in [0.3, 0.4) is 0 Å². The van der Waals surface area contributed by atoms with Crippen LogP contribution in [-0.2, 0) is 10.0 Å². The molecule has 0 atom stereocenters. The van der Waals surface area contributed by atoms with Crippen LogP contribution in [0.1, 0.15) is 19.8 Å². The van der Waals surface area contributed by atoms with Crippen molar-refractivity contribution in [2.45, 2.75) is 30.3 Å². The average Bonchev–Trinajstić information content (AvgIpc) is 2.70. The average molecular weight is 245 g/mol. The summed E-state index contributed by atoms with van der Waals surface area (Å²) in [6.07, 6.45) is 3.58. The predicted molar refractivity (Wildman–Crippen MR) is 57.2 cm³/mol. The Morgan fingerprint density at radius 2 is 2.12 bits per heavy atom. The van der Waals surface area contributed by atoms with Gasteiger partial charge in [-0.25, -0.2) is 8.42 Å². The van der Waals surface area contributed by atoms with E-state index in [1.54, 1.807) is 6.92 Å². The maximum atomic E-state index is 12.0. The zero-order valence-corrected chi connectivity index (χ0v) is 9.87. The van der Waals surface area contributed by atoms with Crippen LogP contribution in [0.5, 0.6) is 0 Å². The fourth-order valence-electron chi connectivity index (χ4n) is 1.74. The van der Waals surface area contributed by atoms with Crippen molar-refractivity contribution >= 4 is 10.0 Å². The molecule has 7 heteroatoms. The van der Waals surface area contributed by atoms with Crippen molar-refractivity contribution in [1.82, 2.24) is 14.5 Å². The predicted octanol–water partition coefficient (Wildman–Crippen LogP) is -0.0548. The van der Waals surface area contributed by atoms with Gasteiger partial charge in [0.15, 0.2) is 0 Å². The van der Waals surface area contributed by atoms with Crippen LogP contribution >= 0.6 is 0 Å². The van der Waals surface area contributed by atoms with Gasteiger partial charge in [0.2, 0.25) is 10.0 Å². The van der Waals surface area contributed by atoms with Crippen LogP contribution in [0.4, 0.5) is 0 Å². The van der Waals surface area contributed by atoms with Gasteiger partial charge in [0, 0.05) is 19.3 Å².